The molecule has 1 heterocycles. The van der Waals surface area contributed by atoms with Gasteiger partial charge in [0, 0.05) is 26.2 Å². The standard InChI is InChI=1S/C18H20N4O/c1-21(2)15-8-10-16(11-9-15)22-18(17(13-23)19-20-22)12-14-6-4-3-5-7-14/h3-11,23H,12-13H2,1-2H3. The molecule has 3 rings (SSSR count). The van der Waals surface area contributed by atoms with Gasteiger partial charge in [0.15, 0.2) is 0 Å². The maximum atomic E-state index is 9.55. The molecule has 2 aromatic carbocycles. The van der Waals surface area contributed by atoms with Gasteiger partial charge in [-0.25, -0.2) is 4.68 Å². The van der Waals surface area contributed by atoms with Crippen LogP contribution >= 0.6 is 0 Å². The minimum Gasteiger partial charge on any atom is -0.390 e. The van der Waals surface area contributed by atoms with E-state index in [2.05, 4.69) is 27.3 Å². The summed E-state index contributed by atoms with van der Waals surface area (Å²) in [5.41, 5.74) is 4.76. The first-order chi connectivity index (χ1) is 11.2. The summed E-state index contributed by atoms with van der Waals surface area (Å²) in [5, 5.41) is 17.9. The molecule has 1 N–H and O–H groups in total. The number of anilines is 1. The smallest absolute Gasteiger partial charge is 0.112 e. The summed E-state index contributed by atoms with van der Waals surface area (Å²) in [5.74, 6) is 0. The third kappa shape index (κ3) is 3.24. The molecule has 118 valence electrons. The number of hydrogen-bond acceptors (Lipinski definition) is 4. The second-order valence-electron chi connectivity index (χ2n) is 5.63. The fraction of sp³-hybridized carbons (Fsp3) is 0.222. The first-order valence-corrected chi connectivity index (χ1v) is 7.55. The van der Waals surface area contributed by atoms with E-state index in [4.69, 9.17) is 0 Å². The monoisotopic (exact) mass is 308 g/mol. The first-order valence-electron chi connectivity index (χ1n) is 7.55. The van der Waals surface area contributed by atoms with Gasteiger partial charge in [-0.1, -0.05) is 35.5 Å². The SMILES string of the molecule is CN(C)c1ccc(-n2nnc(CO)c2Cc2ccccc2)cc1. The van der Waals surface area contributed by atoms with E-state index in [9.17, 15) is 5.11 Å². The summed E-state index contributed by atoms with van der Waals surface area (Å²) in [6.07, 6.45) is 0.680. The highest BCUT2D eigenvalue weighted by Crippen LogP contribution is 2.20. The molecule has 0 amide bonds. The highest BCUT2D eigenvalue weighted by molar-refractivity contribution is 5.50. The predicted octanol–water partition coefficient (Wildman–Crippen LogP) is 2.42. The van der Waals surface area contributed by atoms with E-state index in [0.717, 1.165) is 22.6 Å². The van der Waals surface area contributed by atoms with Crippen molar-refractivity contribution in [3.8, 4) is 5.69 Å². The van der Waals surface area contributed by atoms with Crippen LogP contribution in [0.4, 0.5) is 5.69 Å². The largest absolute Gasteiger partial charge is 0.390 e. The number of aliphatic hydroxyl groups is 1. The summed E-state index contributed by atoms with van der Waals surface area (Å²) >= 11 is 0. The Morgan fingerprint density at radius 3 is 2.30 bits per heavy atom. The molecule has 0 aliphatic carbocycles. The normalized spacial score (nSPS) is 10.7. The van der Waals surface area contributed by atoms with Gasteiger partial charge in [0.25, 0.3) is 0 Å². The van der Waals surface area contributed by atoms with E-state index in [1.165, 1.54) is 0 Å². The number of rotatable bonds is 5. The molecule has 5 heteroatoms. The predicted molar refractivity (Wildman–Crippen MR) is 90.9 cm³/mol. The molecule has 0 fully saturated rings. The summed E-state index contributed by atoms with van der Waals surface area (Å²) < 4.78 is 1.80. The fourth-order valence-corrected chi connectivity index (χ4v) is 2.52. The van der Waals surface area contributed by atoms with Crippen molar-refractivity contribution in [1.29, 1.82) is 0 Å². The van der Waals surface area contributed by atoms with Crippen molar-refractivity contribution >= 4 is 5.69 Å². The number of aliphatic hydroxyl groups excluding tert-OH is 1. The van der Waals surface area contributed by atoms with Gasteiger partial charge in [-0.05, 0) is 29.8 Å². The fourth-order valence-electron chi connectivity index (χ4n) is 2.52. The number of benzene rings is 2. The van der Waals surface area contributed by atoms with Crippen LogP contribution in [-0.2, 0) is 13.0 Å². The molecular weight excluding hydrogens is 288 g/mol. The van der Waals surface area contributed by atoms with Gasteiger partial charge in [-0.3, -0.25) is 0 Å². The quantitative estimate of drug-likeness (QED) is 0.786. The van der Waals surface area contributed by atoms with E-state index in [1.807, 2.05) is 56.6 Å². The third-order valence-electron chi connectivity index (χ3n) is 3.82. The Balaban J connectivity index is 1.97. The van der Waals surface area contributed by atoms with Crippen molar-refractivity contribution in [2.75, 3.05) is 19.0 Å². The molecule has 23 heavy (non-hydrogen) atoms. The van der Waals surface area contributed by atoms with Crippen molar-refractivity contribution < 1.29 is 5.11 Å². The Labute approximate surface area is 135 Å². The van der Waals surface area contributed by atoms with Crippen LogP contribution in [0, 0.1) is 0 Å². The highest BCUT2D eigenvalue weighted by Gasteiger charge is 2.14. The summed E-state index contributed by atoms with van der Waals surface area (Å²) in [6, 6.07) is 18.2. The average Bonchev–Trinajstić information content (AvgIpc) is 2.98. The van der Waals surface area contributed by atoms with Crippen LogP contribution in [0.15, 0.2) is 54.6 Å². The van der Waals surface area contributed by atoms with E-state index in [1.54, 1.807) is 4.68 Å². The van der Waals surface area contributed by atoms with E-state index in [0.29, 0.717) is 12.1 Å². The maximum Gasteiger partial charge on any atom is 0.112 e. The Hall–Kier alpha value is -2.66. The van der Waals surface area contributed by atoms with Crippen LogP contribution < -0.4 is 4.90 Å². The summed E-state index contributed by atoms with van der Waals surface area (Å²) in [4.78, 5) is 2.05. The Kier molecular flexibility index (Phi) is 4.39. The Morgan fingerprint density at radius 2 is 1.70 bits per heavy atom. The van der Waals surface area contributed by atoms with Gasteiger partial charge in [-0.2, -0.15) is 0 Å². The molecule has 0 aliphatic heterocycles. The van der Waals surface area contributed by atoms with Crippen LogP contribution in [0.2, 0.25) is 0 Å². The lowest BCUT2D eigenvalue weighted by molar-refractivity contribution is 0.275. The second-order valence-corrected chi connectivity index (χ2v) is 5.63. The van der Waals surface area contributed by atoms with E-state index >= 15 is 0 Å². The van der Waals surface area contributed by atoms with Crippen LogP contribution in [0.25, 0.3) is 5.69 Å². The van der Waals surface area contributed by atoms with Gasteiger partial charge in [0.05, 0.1) is 18.0 Å². The van der Waals surface area contributed by atoms with Crippen LogP contribution in [0.3, 0.4) is 0 Å². The Bertz CT molecular complexity index is 763. The lowest BCUT2D eigenvalue weighted by atomic mass is 10.1. The molecule has 0 bridgehead atoms. The minimum atomic E-state index is -0.113. The zero-order valence-electron chi connectivity index (χ0n) is 13.3. The van der Waals surface area contributed by atoms with Gasteiger partial charge < -0.3 is 10.0 Å². The molecule has 0 saturated carbocycles. The summed E-state index contributed by atoms with van der Waals surface area (Å²) in [7, 11) is 4.02. The number of nitrogens with zero attached hydrogens (tertiary/aromatic N) is 4. The third-order valence-corrected chi connectivity index (χ3v) is 3.82. The maximum absolute atomic E-state index is 9.55. The van der Waals surface area contributed by atoms with Gasteiger partial charge >= 0.3 is 0 Å². The minimum absolute atomic E-state index is 0.113. The van der Waals surface area contributed by atoms with Gasteiger partial charge in [0.2, 0.25) is 0 Å². The molecule has 0 unspecified atom stereocenters. The Morgan fingerprint density at radius 1 is 1.00 bits per heavy atom. The molecule has 5 nitrogen and oxygen atoms in total. The van der Waals surface area contributed by atoms with Crippen LogP contribution in [0.1, 0.15) is 17.0 Å². The van der Waals surface area contributed by atoms with E-state index < -0.39 is 0 Å². The lowest BCUT2D eigenvalue weighted by Crippen LogP contribution is -2.09. The first kappa shape index (κ1) is 15.2. The molecule has 0 radical (unpaired) electrons. The molecule has 0 aliphatic rings. The second kappa shape index (κ2) is 6.62. The van der Waals surface area contributed by atoms with Crippen molar-refractivity contribution in [2.24, 2.45) is 0 Å². The van der Waals surface area contributed by atoms with Gasteiger partial charge in [-0.15, -0.1) is 5.10 Å². The van der Waals surface area contributed by atoms with Crippen molar-refractivity contribution in [2.45, 2.75) is 13.0 Å². The molecule has 0 atom stereocenters. The zero-order chi connectivity index (χ0) is 16.2. The molecule has 1 aromatic heterocycles. The van der Waals surface area contributed by atoms with E-state index in [-0.39, 0.29) is 6.61 Å². The molecule has 0 spiro atoms. The number of hydrogen-bond donors (Lipinski definition) is 1. The molecule has 3 aromatic rings. The summed E-state index contributed by atoms with van der Waals surface area (Å²) in [6.45, 7) is -0.113. The highest BCUT2D eigenvalue weighted by atomic mass is 16.3. The topological polar surface area (TPSA) is 54.2 Å². The van der Waals surface area contributed by atoms with Crippen molar-refractivity contribution in [3.05, 3.63) is 71.5 Å². The van der Waals surface area contributed by atoms with Crippen molar-refractivity contribution in [1.82, 2.24) is 15.0 Å². The average molecular weight is 308 g/mol. The van der Waals surface area contributed by atoms with Crippen molar-refractivity contribution in [3.63, 3.8) is 0 Å². The lowest BCUT2D eigenvalue weighted by Gasteiger charge is -2.13. The van der Waals surface area contributed by atoms with Gasteiger partial charge in [0.1, 0.15) is 5.69 Å². The number of aromatic nitrogens is 3. The molecular formula is C18H20N4O. The zero-order valence-corrected chi connectivity index (χ0v) is 13.3. The van der Waals surface area contributed by atoms with Crippen LogP contribution in [-0.4, -0.2) is 34.2 Å². The van der Waals surface area contributed by atoms with Crippen LogP contribution in [0.5, 0.6) is 0 Å². The molecule has 0 saturated heterocycles.